The first-order chi connectivity index (χ1) is 12.6. The summed E-state index contributed by atoms with van der Waals surface area (Å²) in [4.78, 5) is 18.1. The van der Waals surface area contributed by atoms with Gasteiger partial charge in [0, 0.05) is 25.9 Å². The number of halogens is 5. The fraction of sp³-hybridized carbons (Fsp3) is 0.467. The highest BCUT2D eigenvalue weighted by Gasteiger charge is 2.36. The average molecular weight is 507 g/mol. The van der Waals surface area contributed by atoms with Crippen LogP contribution in [-0.2, 0) is 16.6 Å². The fourth-order valence-corrected chi connectivity index (χ4v) is 5.37. The van der Waals surface area contributed by atoms with Crippen molar-refractivity contribution < 1.29 is 23.1 Å². The van der Waals surface area contributed by atoms with E-state index in [1.165, 1.54) is 38.8 Å². The van der Waals surface area contributed by atoms with Crippen molar-refractivity contribution in [2.75, 3.05) is 14.2 Å². The van der Waals surface area contributed by atoms with Crippen LogP contribution in [0.25, 0.3) is 0 Å². The van der Waals surface area contributed by atoms with Crippen LogP contribution in [0.3, 0.4) is 0 Å². The summed E-state index contributed by atoms with van der Waals surface area (Å²) in [6.45, 7) is 1.64. The molecule has 0 aliphatic rings. The first-order valence-electron chi connectivity index (χ1n) is 7.49. The van der Waals surface area contributed by atoms with Gasteiger partial charge in [-0.05, 0) is 22.9 Å². The molecule has 2 heterocycles. The number of methoxy groups -OCH3 is 1. The van der Waals surface area contributed by atoms with Gasteiger partial charge >= 0.3 is 0 Å². The Kier molecular flexibility index (Phi) is 7.62. The van der Waals surface area contributed by atoms with Crippen LogP contribution in [0, 0.1) is 0 Å². The predicted octanol–water partition coefficient (Wildman–Crippen LogP) is 5.27. The Hall–Kier alpha value is -0.780. The van der Waals surface area contributed by atoms with Crippen molar-refractivity contribution in [3.8, 4) is 0 Å². The molecule has 2 atom stereocenters. The van der Waals surface area contributed by atoms with Crippen molar-refractivity contribution in [3.05, 3.63) is 36.2 Å². The molecular weight excluding hydrogens is 491 g/mol. The van der Waals surface area contributed by atoms with Crippen molar-refractivity contribution in [1.29, 1.82) is 0 Å². The van der Waals surface area contributed by atoms with Gasteiger partial charge in [-0.15, -0.1) is 11.3 Å². The van der Waals surface area contributed by atoms with E-state index >= 15 is 0 Å². The highest BCUT2D eigenvalue weighted by Crippen LogP contribution is 2.45. The summed E-state index contributed by atoms with van der Waals surface area (Å²) in [5.74, 6) is -0.774. The second kappa shape index (κ2) is 9.15. The van der Waals surface area contributed by atoms with Crippen molar-refractivity contribution in [1.82, 2.24) is 14.8 Å². The molecule has 6 nitrogen and oxygen atoms in total. The lowest BCUT2D eigenvalue weighted by molar-refractivity contribution is -0.148. The van der Waals surface area contributed by atoms with Gasteiger partial charge in [0.05, 0.1) is 27.5 Å². The van der Waals surface area contributed by atoms with Gasteiger partial charge in [-0.2, -0.15) is 5.10 Å². The van der Waals surface area contributed by atoms with Gasteiger partial charge in [0.2, 0.25) is 0 Å². The molecule has 0 aliphatic carbocycles. The van der Waals surface area contributed by atoms with E-state index in [4.69, 9.17) is 32.8 Å². The standard InChI is InChI=1S/C15H16BrCl2F2N3O3S/c1-6(11(25-3)8-9(17)13(18)27-12(8)16)23(26-4)15(24)7-5-22(2)21-10(7)14(19)20/h5-6,11,14H,1-4H3. The second-order valence-corrected chi connectivity index (χ2v) is 8.81. The average Bonchev–Trinajstić information content (AvgIpc) is 3.11. The third-order valence-electron chi connectivity index (χ3n) is 3.84. The minimum absolute atomic E-state index is 0.260. The normalized spacial score (nSPS) is 13.9. The molecule has 0 saturated heterocycles. The molecule has 0 fully saturated rings. The quantitative estimate of drug-likeness (QED) is 0.480. The van der Waals surface area contributed by atoms with Gasteiger partial charge in [0.1, 0.15) is 16.1 Å². The van der Waals surface area contributed by atoms with E-state index < -0.39 is 30.2 Å². The number of hydrogen-bond donors (Lipinski definition) is 0. The minimum atomic E-state index is -2.91. The zero-order valence-electron chi connectivity index (χ0n) is 14.7. The first-order valence-corrected chi connectivity index (χ1v) is 9.85. The number of rotatable bonds is 7. The van der Waals surface area contributed by atoms with E-state index in [2.05, 4.69) is 21.0 Å². The summed E-state index contributed by atoms with van der Waals surface area (Å²) in [7, 11) is 4.14. The number of carbonyl (C=O) groups is 1. The van der Waals surface area contributed by atoms with Crippen molar-refractivity contribution in [3.63, 3.8) is 0 Å². The van der Waals surface area contributed by atoms with Gasteiger partial charge < -0.3 is 4.74 Å². The molecule has 2 unspecified atom stereocenters. The molecule has 0 bridgehead atoms. The van der Waals surface area contributed by atoms with E-state index in [0.29, 0.717) is 13.7 Å². The molecular formula is C15H16BrCl2F2N3O3S. The van der Waals surface area contributed by atoms with Crippen LogP contribution in [-0.4, -0.2) is 41.0 Å². The number of amides is 1. The Morgan fingerprint density at radius 2 is 2.04 bits per heavy atom. The SMILES string of the molecule is COC(c1c(Br)sc(Cl)c1Cl)C(C)N(OC)C(=O)c1cn(C)nc1C(F)F. The monoisotopic (exact) mass is 505 g/mol. The topological polar surface area (TPSA) is 56.6 Å². The largest absolute Gasteiger partial charge is 0.374 e. The number of alkyl halides is 2. The Labute approximate surface area is 177 Å². The lowest BCUT2D eigenvalue weighted by Crippen LogP contribution is -2.42. The molecule has 0 aromatic carbocycles. The molecule has 150 valence electrons. The summed E-state index contributed by atoms with van der Waals surface area (Å²) >= 11 is 16.9. The number of nitrogens with zero attached hydrogens (tertiary/aromatic N) is 3. The van der Waals surface area contributed by atoms with Gasteiger partial charge in [0.15, 0.2) is 0 Å². The van der Waals surface area contributed by atoms with Crippen LogP contribution in [0.1, 0.15) is 41.1 Å². The molecule has 0 N–H and O–H groups in total. The third kappa shape index (κ3) is 4.46. The maximum atomic E-state index is 13.2. The van der Waals surface area contributed by atoms with Crippen molar-refractivity contribution >= 4 is 56.4 Å². The second-order valence-electron chi connectivity index (χ2n) is 5.49. The number of aromatic nitrogens is 2. The van der Waals surface area contributed by atoms with Crippen LogP contribution in [0.2, 0.25) is 9.36 Å². The molecule has 0 spiro atoms. The van der Waals surface area contributed by atoms with E-state index in [0.717, 1.165) is 9.75 Å². The number of hydrogen-bond acceptors (Lipinski definition) is 5. The van der Waals surface area contributed by atoms with Crippen molar-refractivity contribution in [2.24, 2.45) is 7.05 Å². The maximum absolute atomic E-state index is 13.2. The van der Waals surface area contributed by atoms with Crippen LogP contribution in [0.15, 0.2) is 9.98 Å². The van der Waals surface area contributed by atoms with E-state index in [1.54, 1.807) is 6.92 Å². The van der Waals surface area contributed by atoms with Gasteiger partial charge in [-0.1, -0.05) is 23.2 Å². The summed E-state index contributed by atoms with van der Waals surface area (Å²) in [6.07, 6.45) is -2.42. The number of ether oxygens (including phenoxy) is 1. The summed E-state index contributed by atoms with van der Waals surface area (Å²) in [5.41, 5.74) is -0.343. The lowest BCUT2D eigenvalue weighted by Gasteiger charge is -2.32. The highest BCUT2D eigenvalue weighted by molar-refractivity contribution is 9.11. The van der Waals surface area contributed by atoms with Gasteiger partial charge in [-0.25, -0.2) is 13.8 Å². The molecule has 27 heavy (non-hydrogen) atoms. The van der Waals surface area contributed by atoms with Crippen LogP contribution >= 0.6 is 50.5 Å². The fourth-order valence-electron chi connectivity index (χ4n) is 2.67. The lowest BCUT2D eigenvalue weighted by atomic mass is 10.1. The first kappa shape index (κ1) is 22.5. The van der Waals surface area contributed by atoms with E-state index in [9.17, 15) is 13.6 Å². The maximum Gasteiger partial charge on any atom is 0.282 e. The minimum Gasteiger partial charge on any atom is -0.374 e. The molecule has 0 saturated carbocycles. The summed E-state index contributed by atoms with van der Waals surface area (Å²) < 4.78 is 34.1. The Balaban J connectivity index is 2.42. The number of carbonyl (C=O) groups excluding carboxylic acids is 1. The zero-order valence-corrected chi connectivity index (χ0v) is 18.6. The zero-order chi connectivity index (χ0) is 20.5. The Morgan fingerprint density at radius 1 is 1.41 bits per heavy atom. The van der Waals surface area contributed by atoms with Gasteiger partial charge in [0.25, 0.3) is 12.3 Å². The van der Waals surface area contributed by atoms with Crippen LogP contribution in [0.4, 0.5) is 8.78 Å². The van der Waals surface area contributed by atoms with E-state index in [-0.39, 0.29) is 10.6 Å². The van der Waals surface area contributed by atoms with Crippen molar-refractivity contribution in [2.45, 2.75) is 25.5 Å². The predicted molar refractivity (Wildman–Crippen MR) is 103 cm³/mol. The Morgan fingerprint density at radius 3 is 2.48 bits per heavy atom. The number of thiophene rings is 1. The van der Waals surface area contributed by atoms with E-state index in [1.807, 2.05) is 0 Å². The summed E-state index contributed by atoms with van der Waals surface area (Å²) in [6, 6.07) is -0.724. The molecule has 2 rings (SSSR count). The molecule has 1 amide bonds. The third-order valence-corrected chi connectivity index (χ3v) is 6.55. The molecule has 2 aromatic rings. The Bertz CT molecular complexity index is 834. The summed E-state index contributed by atoms with van der Waals surface area (Å²) in [5, 5.41) is 4.88. The molecule has 0 radical (unpaired) electrons. The molecule has 12 heteroatoms. The van der Waals surface area contributed by atoms with Crippen LogP contribution < -0.4 is 0 Å². The highest BCUT2D eigenvalue weighted by atomic mass is 79.9. The number of hydroxylamine groups is 2. The van der Waals surface area contributed by atoms with Gasteiger partial charge in [-0.3, -0.25) is 14.3 Å². The van der Waals surface area contributed by atoms with Crippen LogP contribution in [0.5, 0.6) is 0 Å². The molecule has 0 aliphatic heterocycles. The molecule has 2 aromatic heterocycles. The smallest absolute Gasteiger partial charge is 0.282 e. The number of aryl methyl sites for hydroxylation is 1.